The first-order valence-corrected chi connectivity index (χ1v) is 11.3. The fourth-order valence-electron chi connectivity index (χ4n) is 4.49. The molecule has 2 aliphatic heterocycles. The molecule has 1 aromatic heterocycles. The maximum atomic E-state index is 6.06. The third-order valence-corrected chi connectivity index (χ3v) is 6.16. The number of rotatable bonds is 5. The maximum absolute atomic E-state index is 6.06. The molecule has 4 rings (SSSR count). The van der Waals surface area contributed by atoms with Crippen LogP contribution in [0.1, 0.15) is 54.6 Å². The number of fused-ring (bicyclic) bond motifs is 1. The van der Waals surface area contributed by atoms with Gasteiger partial charge in [-0.15, -0.1) is 34.2 Å². The number of benzene rings is 1. The molecule has 2 aromatic rings. The average Bonchev–Trinajstić information content (AvgIpc) is 3.00. The van der Waals surface area contributed by atoms with E-state index in [-0.39, 0.29) is 30.1 Å². The fourth-order valence-corrected chi connectivity index (χ4v) is 4.49. The van der Waals surface area contributed by atoms with Gasteiger partial charge in [0.1, 0.15) is 17.8 Å². The zero-order valence-electron chi connectivity index (χ0n) is 18.7. The highest BCUT2D eigenvalue weighted by Gasteiger charge is 2.25. The lowest BCUT2D eigenvalue weighted by atomic mass is 10.0. The number of aromatic nitrogens is 3. The smallest absolute Gasteiger partial charge is 0.193 e. The predicted octanol–water partition coefficient (Wildman–Crippen LogP) is 3.51. The molecule has 1 atom stereocenters. The molecule has 1 N–H and O–H groups in total. The number of nitrogens with zero attached hydrogens (tertiary/aromatic N) is 5. The summed E-state index contributed by atoms with van der Waals surface area (Å²) in [4.78, 5) is 6.83. The zero-order valence-corrected chi connectivity index (χ0v) is 21.0. The van der Waals surface area contributed by atoms with Crippen LogP contribution in [0.5, 0.6) is 0 Å². The Balaban J connectivity index is 0.00000272. The molecule has 0 saturated carbocycles. The highest BCUT2D eigenvalue weighted by atomic mass is 127. The minimum Gasteiger partial charge on any atom is -0.370 e. The van der Waals surface area contributed by atoms with E-state index in [1.807, 2.05) is 7.05 Å². The van der Waals surface area contributed by atoms with Gasteiger partial charge in [-0.25, -0.2) is 0 Å². The first kappa shape index (κ1) is 24.0. The van der Waals surface area contributed by atoms with E-state index in [2.05, 4.69) is 61.2 Å². The third kappa shape index (κ3) is 5.97. The molecule has 0 amide bonds. The topological polar surface area (TPSA) is 67.6 Å². The van der Waals surface area contributed by atoms with E-state index in [4.69, 9.17) is 4.74 Å². The SMILES string of the molecule is CN=C(NCCCc1nnc2n1CCCCC2)N1CCOC(c2ccccc2C)C1.I. The van der Waals surface area contributed by atoms with Crippen LogP contribution in [0.25, 0.3) is 0 Å². The molecule has 170 valence electrons. The summed E-state index contributed by atoms with van der Waals surface area (Å²) in [5.41, 5.74) is 2.55. The van der Waals surface area contributed by atoms with Crippen LogP contribution in [0.15, 0.2) is 29.3 Å². The Hall–Kier alpha value is -1.68. The second-order valence-corrected chi connectivity index (χ2v) is 8.23. The van der Waals surface area contributed by atoms with E-state index in [9.17, 15) is 0 Å². The first-order valence-electron chi connectivity index (χ1n) is 11.3. The summed E-state index contributed by atoms with van der Waals surface area (Å²) in [6.07, 6.45) is 6.89. The summed E-state index contributed by atoms with van der Waals surface area (Å²) in [5.74, 6) is 3.26. The summed E-state index contributed by atoms with van der Waals surface area (Å²) in [7, 11) is 1.86. The summed E-state index contributed by atoms with van der Waals surface area (Å²) in [5, 5.41) is 12.4. The van der Waals surface area contributed by atoms with Crippen LogP contribution in [-0.2, 0) is 24.1 Å². The monoisotopic (exact) mass is 538 g/mol. The van der Waals surface area contributed by atoms with Gasteiger partial charge in [-0.1, -0.05) is 30.7 Å². The van der Waals surface area contributed by atoms with Crippen molar-refractivity contribution in [3.63, 3.8) is 0 Å². The van der Waals surface area contributed by atoms with E-state index in [0.717, 1.165) is 57.2 Å². The number of halogens is 1. The Labute approximate surface area is 202 Å². The van der Waals surface area contributed by atoms with Gasteiger partial charge in [-0.2, -0.15) is 0 Å². The van der Waals surface area contributed by atoms with Gasteiger partial charge in [-0.3, -0.25) is 4.99 Å². The Morgan fingerprint density at radius 1 is 1.19 bits per heavy atom. The summed E-state index contributed by atoms with van der Waals surface area (Å²) in [6.45, 7) is 6.49. The lowest BCUT2D eigenvalue weighted by Gasteiger charge is -2.35. The number of morpholine rings is 1. The van der Waals surface area contributed by atoms with Crippen molar-refractivity contribution in [2.45, 2.75) is 58.1 Å². The van der Waals surface area contributed by atoms with Gasteiger partial charge in [0.2, 0.25) is 0 Å². The summed E-state index contributed by atoms with van der Waals surface area (Å²) >= 11 is 0. The van der Waals surface area contributed by atoms with Crippen LogP contribution in [0.2, 0.25) is 0 Å². The largest absolute Gasteiger partial charge is 0.370 e. The van der Waals surface area contributed by atoms with E-state index in [1.54, 1.807) is 0 Å². The molecule has 3 heterocycles. The van der Waals surface area contributed by atoms with Crippen molar-refractivity contribution in [1.29, 1.82) is 0 Å². The molecular formula is C23H35IN6O. The number of hydrogen-bond acceptors (Lipinski definition) is 4. The lowest BCUT2D eigenvalue weighted by Crippen LogP contribution is -2.48. The summed E-state index contributed by atoms with van der Waals surface area (Å²) in [6, 6.07) is 8.48. The number of ether oxygens (including phenoxy) is 1. The van der Waals surface area contributed by atoms with Crippen molar-refractivity contribution in [1.82, 2.24) is 25.0 Å². The van der Waals surface area contributed by atoms with Gasteiger partial charge in [-0.05, 0) is 37.3 Å². The predicted molar refractivity (Wildman–Crippen MR) is 134 cm³/mol. The number of hydrogen-bond donors (Lipinski definition) is 1. The highest BCUT2D eigenvalue weighted by Crippen LogP contribution is 2.25. The molecule has 0 radical (unpaired) electrons. The van der Waals surface area contributed by atoms with Crippen LogP contribution in [0.3, 0.4) is 0 Å². The fraction of sp³-hybridized carbons (Fsp3) is 0.609. The van der Waals surface area contributed by atoms with E-state index in [0.29, 0.717) is 6.61 Å². The Morgan fingerprint density at radius 2 is 2.06 bits per heavy atom. The van der Waals surface area contributed by atoms with Crippen molar-refractivity contribution in [3.8, 4) is 0 Å². The molecular weight excluding hydrogens is 503 g/mol. The normalized spacial score (nSPS) is 19.4. The standard InChI is InChI=1S/C23H34N6O.HI/c1-18-9-5-6-10-19(18)20-17-28(15-16-30-20)23(24-2)25-13-8-12-22-27-26-21-11-4-3-7-14-29(21)22;/h5-6,9-10,20H,3-4,7-8,11-17H2,1-2H3,(H,24,25);1H. The molecule has 1 aromatic carbocycles. The molecule has 2 aliphatic rings. The highest BCUT2D eigenvalue weighted by molar-refractivity contribution is 14.0. The Bertz CT molecular complexity index is 868. The number of nitrogens with one attached hydrogen (secondary N) is 1. The number of aliphatic imine (C=N–C) groups is 1. The van der Waals surface area contributed by atoms with E-state index in [1.165, 1.54) is 36.2 Å². The van der Waals surface area contributed by atoms with Crippen molar-refractivity contribution in [3.05, 3.63) is 47.0 Å². The molecule has 0 spiro atoms. The van der Waals surface area contributed by atoms with Gasteiger partial charge in [0.15, 0.2) is 5.96 Å². The van der Waals surface area contributed by atoms with Crippen LogP contribution in [-0.4, -0.2) is 58.9 Å². The molecule has 1 saturated heterocycles. The molecule has 0 bridgehead atoms. The van der Waals surface area contributed by atoms with Crippen molar-refractivity contribution < 1.29 is 4.74 Å². The third-order valence-electron chi connectivity index (χ3n) is 6.16. The molecule has 31 heavy (non-hydrogen) atoms. The minimum absolute atomic E-state index is 0. The van der Waals surface area contributed by atoms with E-state index < -0.39 is 0 Å². The Morgan fingerprint density at radius 3 is 2.90 bits per heavy atom. The molecule has 7 nitrogen and oxygen atoms in total. The second kappa shape index (κ2) is 11.8. The van der Waals surface area contributed by atoms with Crippen molar-refractivity contribution in [2.24, 2.45) is 4.99 Å². The van der Waals surface area contributed by atoms with Crippen LogP contribution < -0.4 is 5.32 Å². The number of aryl methyl sites for hydroxylation is 3. The van der Waals surface area contributed by atoms with Gasteiger partial charge in [0, 0.05) is 39.5 Å². The first-order chi connectivity index (χ1) is 14.8. The zero-order chi connectivity index (χ0) is 20.8. The average molecular weight is 538 g/mol. The quantitative estimate of drug-likeness (QED) is 0.273. The second-order valence-electron chi connectivity index (χ2n) is 8.23. The Kier molecular flexibility index (Phi) is 9.13. The maximum Gasteiger partial charge on any atom is 0.193 e. The van der Waals surface area contributed by atoms with Crippen molar-refractivity contribution in [2.75, 3.05) is 33.3 Å². The van der Waals surface area contributed by atoms with Crippen LogP contribution in [0.4, 0.5) is 0 Å². The van der Waals surface area contributed by atoms with Crippen LogP contribution >= 0.6 is 24.0 Å². The lowest BCUT2D eigenvalue weighted by molar-refractivity contribution is -0.00830. The number of guanidine groups is 1. The van der Waals surface area contributed by atoms with Gasteiger partial charge >= 0.3 is 0 Å². The molecule has 8 heteroatoms. The van der Waals surface area contributed by atoms with Crippen LogP contribution in [0, 0.1) is 6.92 Å². The molecule has 1 unspecified atom stereocenters. The van der Waals surface area contributed by atoms with Crippen molar-refractivity contribution >= 4 is 29.9 Å². The van der Waals surface area contributed by atoms with E-state index >= 15 is 0 Å². The minimum atomic E-state index is 0. The molecule has 0 aliphatic carbocycles. The summed E-state index contributed by atoms with van der Waals surface area (Å²) < 4.78 is 8.41. The van der Waals surface area contributed by atoms with Gasteiger partial charge in [0.25, 0.3) is 0 Å². The molecule has 1 fully saturated rings. The van der Waals surface area contributed by atoms with Gasteiger partial charge in [0.05, 0.1) is 13.2 Å². The van der Waals surface area contributed by atoms with Gasteiger partial charge < -0.3 is 19.5 Å².